The largest absolute Gasteiger partial charge is 0.439 e. The molecule has 0 aromatic carbocycles. The van der Waals surface area contributed by atoms with Gasteiger partial charge in [-0.1, -0.05) is 0 Å². The average Bonchev–Trinajstić information content (AvgIpc) is 2.84. The molecule has 1 unspecified atom stereocenters. The molecule has 2 aromatic heterocycles. The quantitative estimate of drug-likeness (QED) is 0.876. The summed E-state index contributed by atoms with van der Waals surface area (Å²) in [4.78, 5) is 4.25. The predicted molar refractivity (Wildman–Crippen MR) is 70.0 cm³/mol. The molecule has 2 rings (SSSR count). The topological polar surface area (TPSA) is 38.1 Å². The molecule has 0 saturated carbocycles. The summed E-state index contributed by atoms with van der Waals surface area (Å²) in [6, 6.07) is 2.25. The fraction of sp³-hybridized carbons (Fsp3) is 0.300. The Balaban J connectivity index is 2.27. The van der Waals surface area contributed by atoms with Crippen LogP contribution in [0.3, 0.4) is 0 Å². The lowest BCUT2D eigenvalue weighted by molar-refractivity contribution is 0.441. The number of aromatic nitrogens is 1. The van der Waals surface area contributed by atoms with Gasteiger partial charge in [-0.25, -0.2) is 4.98 Å². The van der Waals surface area contributed by atoms with Crippen molar-refractivity contribution in [3.8, 4) is 11.3 Å². The zero-order valence-corrected chi connectivity index (χ0v) is 11.4. The van der Waals surface area contributed by atoms with Crippen molar-refractivity contribution < 1.29 is 4.42 Å². The second-order valence-corrected chi connectivity index (χ2v) is 6.02. The molecular weight excluding hydrogens is 323 g/mol. The molecule has 0 amide bonds. The Morgan fingerprint density at radius 3 is 3.00 bits per heavy atom. The smallest absolute Gasteiger partial charge is 0.211 e. The van der Waals surface area contributed by atoms with Crippen molar-refractivity contribution in [1.82, 2.24) is 10.3 Å². The van der Waals surface area contributed by atoms with Gasteiger partial charge in [0.05, 0.1) is 15.1 Å². The first kappa shape index (κ1) is 11.1. The van der Waals surface area contributed by atoms with Crippen LogP contribution in [0, 0.1) is 2.88 Å². The number of halogens is 1. The van der Waals surface area contributed by atoms with Gasteiger partial charge in [0.25, 0.3) is 0 Å². The van der Waals surface area contributed by atoms with E-state index in [0.717, 1.165) is 17.2 Å². The van der Waals surface area contributed by atoms with Gasteiger partial charge in [0.1, 0.15) is 0 Å². The molecule has 0 fully saturated rings. The van der Waals surface area contributed by atoms with E-state index in [0.29, 0.717) is 0 Å². The monoisotopic (exact) mass is 334 g/mol. The summed E-state index contributed by atoms with van der Waals surface area (Å²) in [7, 11) is 1.89. The summed E-state index contributed by atoms with van der Waals surface area (Å²) < 4.78 is 6.92. The first-order valence-corrected chi connectivity index (χ1v) is 6.54. The molecule has 80 valence electrons. The highest BCUT2D eigenvalue weighted by atomic mass is 127. The number of rotatable bonds is 3. The maximum atomic E-state index is 5.67. The van der Waals surface area contributed by atoms with Crippen molar-refractivity contribution in [2.45, 2.75) is 13.0 Å². The number of hydrogen-bond donors (Lipinski definition) is 1. The molecule has 0 radical (unpaired) electrons. The number of hydrogen-bond acceptors (Lipinski definition) is 4. The van der Waals surface area contributed by atoms with Crippen molar-refractivity contribution in [3.63, 3.8) is 0 Å². The lowest BCUT2D eigenvalue weighted by Gasteiger charge is -2.03. The van der Waals surface area contributed by atoms with Crippen molar-refractivity contribution in [2.75, 3.05) is 7.05 Å². The number of oxazole rings is 1. The molecular formula is C10H11IN2OS. The lowest BCUT2D eigenvalue weighted by Crippen LogP contribution is -2.12. The van der Waals surface area contributed by atoms with Crippen LogP contribution in [0.5, 0.6) is 0 Å². The second kappa shape index (κ2) is 4.63. The fourth-order valence-electron chi connectivity index (χ4n) is 1.18. The highest BCUT2D eigenvalue weighted by molar-refractivity contribution is 14.1. The third-order valence-electron chi connectivity index (χ3n) is 2.18. The Morgan fingerprint density at radius 1 is 1.60 bits per heavy atom. The van der Waals surface area contributed by atoms with E-state index in [-0.39, 0.29) is 6.04 Å². The van der Waals surface area contributed by atoms with Crippen LogP contribution in [0.25, 0.3) is 11.3 Å². The summed E-state index contributed by atoms with van der Waals surface area (Å²) in [6.07, 6.45) is 1.78. The normalized spacial score (nSPS) is 13.0. The zero-order chi connectivity index (χ0) is 10.8. The van der Waals surface area contributed by atoms with Crippen LogP contribution in [0.2, 0.25) is 0 Å². The molecule has 0 spiro atoms. The molecule has 1 atom stereocenters. The highest BCUT2D eigenvalue weighted by Crippen LogP contribution is 2.28. The van der Waals surface area contributed by atoms with Gasteiger partial charge >= 0.3 is 0 Å². The van der Waals surface area contributed by atoms with E-state index in [1.54, 1.807) is 17.5 Å². The van der Waals surface area contributed by atoms with Crippen molar-refractivity contribution in [2.24, 2.45) is 0 Å². The van der Waals surface area contributed by atoms with Gasteiger partial charge in [-0.2, -0.15) is 0 Å². The number of nitrogens with one attached hydrogen (secondary N) is 1. The van der Waals surface area contributed by atoms with E-state index in [2.05, 4.69) is 44.3 Å². The van der Waals surface area contributed by atoms with Crippen LogP contribution in [-0.2, 0) is 0 Å². The van der Waals surface area contributed by atoms with E-state index in [1.807, 2.05) is 14.0 Å². The first-order chi connectivity index (χ1) is 7.20. The standard InChI is InChI=1S/C10H11IN2OS/c1-6(12-2)10-13-4-8(14-10)7-3-9(11)15-5-7/h3-6,12H,1-2H3. The SMILES string of the molecule is CNC(C)c1ncc(-c2csc(I)c2)o1. The van der Waals surface area contributed by atoms with E-state index >= 15 is 0 Å². The fourth-order valence-corrected chi connectivity index (χ4v) is 2.52. The van der Waals surface area contributed by atoms with E-state index in [1.165, 1.54) is 2.88 Å². The summed E-state index contributed by atoms with van der Waals surface area (Å²) >= 11 is 4.00. The maximum absolute atomic E-state index is 5.67. The van der Waals surface area contributed by atoms with Crippen molar-refractivity contribution in [3.05, 3.63) is 26.4 Å². The Hall–Kier alpha value is -0.400. The van der Waals surface area contributed by atoms with Crippen molar-refractivity contribution in [1.29, 1.82) is 0 Å². The third kappa shape index (κ3) is 2.40. The van der Waals surface area contributed by atoms with Crippen molar-refractivity contribution >= 4 is 33.9 Å². The molecule has 0 aliphatic heterocycles. The lowest BCUT2D eigenvalue weighted by atomic mass is 10.3. The molecule has 3 nitrogen and oxygen atoms in total. The summed E-state index contributed by atoms with van der Waals surface area (Å²) in [6.45, 7) is 2.02. The third-order valence-corrected chi connectivity index (χ3v) is 3.97. The van der Waals surface area contributed by atoms with E-state index in [9.17, 15) is 0 Å². The number of nitrogens with zero attached hydrogens (tertiary/aromatic N) is 1. The highest BCUT2D eigenvalue weighted by Gasteiger charge is 2.12. The Morgan fingerprint density at radius 2 is 2.40 bits per heavy atom. The van der Waals surface area contributed by atoms with Crippen LogP contribution < -0.4 is 5.32 Å². The van der Waals surface area contributed by atoms with Gasteiger partial charge in [-0.3, -0.25) is 0 Å². The molecule has 1 N–H and O–H groups in total. The van der Waals surface area contributed by atoms with Crippen LogP contribution in [0.4, 0.5) is 0 Å². The Kier molecular flexibility index (Phi) is 3.42. The average molecular weight is 334 g/mol. The first-order valence-electron chi connectivity index (χ1n) is 4.58. The summed E-state index contributed by atoms with van der Waals surface area (Å²) in [5.41, 5.74) is 1.10. The maximum Gasteiger partial charge on any atom is 0.211 e. The van der Waals surface area contributed by atoms with Crippen LogP contribution in [0.1, 0.15) is 18.9 Å². The minimum absolute atomic E-state index is 0.149. The van der Waals surface area contributed by atoms with Gasteiger partial charge in [0.15, 0.2) is 5.76 Å². The van der Waals surface area contributed by atoms with Gasteiger partial charge in [-0.15, -0.1) is 11.3 Å². The summed E-state index contributed by atoms with van der Waals surface area (Å²) in [5.74, 6) is 1.57. The minimum atomic E-state index is 0.149. The molecule has 0 bridgehead atoms. The van der Waals surface area contributed by atoms with Gasteiger partial charge in [-0.05, 0) is 42.6 Å². The molecule has 2 heterocycles. The van der Waals surface area contributed by atoms with Crippen LogP contribution in [-0.4, -0.2) is 12.0 Å². The molecule has 15 heavy (non-hydrogen) atoms. The summed E-state index contributed by atoms with van der Waals surface area (Å²) in [5, 5.41) is 5.18. The zero-order valence-electron chi connectivity index (χ0n) is 8.45. The predicted octanol–water partition coefficient (Wildman–Crippen LogP) is 3.29. The van der Waals surface area contributed by atoms with Crippen LogP contribution in [0.15, 0.2) is 22.1 Å². The molecule has 2 aromatic rings. The molecule has 0 aliphatic rings. The van der Waals surface area contributed by atoms with E-state index in [4.69, 9.17) is 4.42 Å². The van der Waals surface area contributed by atoms with Gasteiger partial charge in [0, 0.05) is 10.9 Å². The Labute approximate surface area is 106 Å². The Bertz CT molecular complexity index is 452. The van der Waals surface area contributed by atoms with Gasteiger partial charge < -0.3 is 9.73 Å². The van der Waals surface area contributed by atoms with Crippen LogP contribution >= 0.6 is 33.9 Å². The van der Waals surface area contributed by atoms with E-state index < -0.39 is 0 Å². The number of thiophene rings is 1. The minimum Gasteiger partial charge on any atom is -0.439 e. The second-order valence-electron chi connectivity index (χ2n) is 3.21. The molecule has 5 heteroatoms. The molecule has 0 saturated heterocycles. The molecule has 0 aliphatic carbocycles. The van der Waals surface area contributed by atoms with Gasteiger partial charge in [0.2, 0.25) is 5.89 Å².